The van der Waals surface area contributed by atoms with E-state index in [9.17, 15) is 19.2 Å². The summed E-state index contributed by atoms with van der Waals surface area (Å²) in [6, 6.07) is 24.5. The first-order valence-electron chi connectivity index (χ1n) is 13.0. The fraction of sp³-hybridized carbons (Fsp3) is 0.0625. The predicted octanol–water partition coefficient (Wildman–Crippen LogP) is 6.91. The Morgan fingerprint density at radius 2 is 1.48 bits per heavy atom. The van der Waals surface area contributed by atoms with E-state index < -0.39 is 30.4 Å². The van der Waals surface area contributed by atoms with Crippen LogP contribution in [0, 0.1) is 0 Å². The van der Waals surface area contributed by atoms with E-state index in [4.69, 9.17) is 44.3 Å². The molecule has 0 atom stereocenters. The molecule has 222 valence electrons. The molecule has 0 radical (unpaired) electrons. The molecule has 0 aliphatic carbocycles. The number of nitrogens with zero attached hydrogens (tertiary/aromatic N) is 1. The van der Waals surface area contributed by atoms with Crippen LogP contribution in [0.1, 0.15) is 11.1 Å². The summed E-state index contributed by atoms with van der Waals surface area (Å²) in [5.74, 6) is -1.68. The molecule has 1 fully saturated rings. The van der Waals surface area contributed by atoms with E-state index >= 15 is 0 Å². The van der Waals surface area contributed by atoms with E-state index in [0.717, 1.165) is 10.5 Å². The normalized spacial score (nSPS) is 13.9. The van der Waals surface area contributed by atoms with Gasteiger partial charge in [0.05, 0.1) is 26.4 Å². The molecule has 1 aliphatic heterocycles. The SMILES string of the molecule is O=C(COc1c(Cl)cc(/C=C2/C(=O)NC(=O)N(c3ccc(OCc4ccccc4)cc3)C2=O)cc1Cl)Nc1ccccc1Cl. The quantitative estimate of drug-likeness (QED) is 0.150. The van der Waals surface area contributed by atoms with Gasteiger partial charge in [-0.1, -0.05) is 77.3 Å². The van der Waals surface area contributed by atoms with Crippen LogP contribution in [0.25, 0.3) is 6.08 Å². The van der Waals surface area contributed by atoms with E-state index in [1.54, 1.807) is 36.4 Å². The molecular formula is C32H22Cl3N3O6. The van der Waals surface area contributed by atoms with Crippen molar-refractivity contribution in [2.45, 2.75) is 6.61 Å². The maximum atomic E-state index is 13.3. The lowest BCUT2D eigenvalue weighted by Crippen LogP contribution is -2.54. The van der Waals surface area contributed by atoms with Crippen LogP contribution in [-0.4, -0.2) is 30.4 Å². The molecule has 0 unspecified atom stereocenters. The number of benzene rings is 4. The zero-order valence-corrected chi connectivity index (χ0v) is 25.0. The Labute approximate surface area is 266 Å². The van der Waals surface area contributed by atoms with Gasteiger partial charge in [-0.2, -0.15) is 0 Å². The fourth-order valence-electron chi connectivity index (χ4n) is 4.18. The molecule has 0 saturated carbocycles. The lowest BCUT2D eigenvalue weighted by molar-refractivity contribution is -0.122. The second-order valence-corrected chi connectivity index (χ2v) is 10.6. The number of urea groups is 1. The van der Waals surface area contributed by atoms with Crippen molar-refractivity contribution in [3.8, 4) is 11.5 Å². The highest BCUT2D eigenvalue weighted by molar-refractivity contribution is 6.40. The molecule has 4 aromatic carbocycles. The van der Waals surface area contributed by atoms with Crippen LogP contribution >= 0.6 is 34.8 Å². The molecular weight excluding hydrogens is 629 g/mol. The molecule has 5 rings (SSSR count). The fourth-order valence-corrected chi connectivity index (χ4v) is 4.97. The zero-order valence-electron chi connectivity index (χ0n) is 22.7. The maximum Gasteiger partial charge on any atom is 0.335 e. The number of imide groups is 2. The van der Waals surface area contributed by atoms with Gasteiger partial charge in [0.2, 0.25) is 0 Å². The lowest BCUT2D eigenvalue weighted by Gasteiger charge is -2.26. The number of ether oxygens (including phenoxy) is 2. The number of nitrogens with one attached hydrogen (secondary N) is 2. The van der Waals surface area contributed by atoms with E-state index in [1.807, 2.05) is 30.3 Å². The third-order valence-corrected chi connectivity index (χ3v) is 7.16. The Bertz CT molecular complexity index is 1750. The number of carbonyl (C=O) groups is 4. The Morgan fingerprint density at radius 3 is 2.16 bits per heavy atom. The van der Waals surface area contributed by atoms with Crippen LogP contribution in [0.15, 0.2) is 96.6 Å². The summed E-state index contributed by atoms with van der Waals surface area (Å²) in [4.78, 5) is 51.8. The molecule has 1 saturated heterocycles. The van der Waals surface area contributed by atoms with E-state index in [-0.39, 0.29) is 32.6 Å². The number of hydrogen-bond acceptors (Lipinski definition) is 6. The summed E-state index contributed by atoms with van der Waals surface area (Å²) in [6.45, 7) is -0.0748. The number of hydrogen-bond donors (Lipinski definition) is 2. The van der Waals surface area contributed by atoms with Crippen LogP contribution in [0.4, 0.5) is 16.2 Å². The minimum Gasteiger partial charge on any atom is -0.489 e. The minimum atomic E-state index is -0.898. The molecule has 0 aromatic heterocycles. The first-order chi connectivity index (χ1) is 21.2. The second kappa shape index (κ2) is 13.6. The third kappa shape index (κ3) is 7.20. The summed E-state index contributed by atoms with van der Waals surface area (Å²) < 4.78 is 11.3. The van der Waals surface area contributed by atoms with Gasteiger partial charge in [-0.3, -0.25) is 19.7 Å². The van der Waals surface area contributed by atoms with Gasteiger partial charge in [-0.25, -0.2) is 9.69 Å². The number of carbonyl (C=O) groups excluding carboxylic acids is 4. The summed E-state index contributed by atoms with van der Waals surface area (Å²) in [6.07, 6.45) is 1.25. The van der Waals surface area contributed by atoms with Gasteiger partial charge in [-0.05, 0) is 65.7 Å². The van der Waals surface area contributed by atoms with E-state index in [2.05, 4.69) is 10.6 Å². The predicted molar refractivity (Wildman–Crippen MR) is 168 cm³/mol. The Morgan fingerprint density at radius 1 is 0.818 bits per heavy atom. The summed E-state index contributed by atoms with van der Waals surface area (Å²) in [5, 5.41) is 5.20. The summed E-state index contributed by atoms with van der Waals surface area (Å²) in [5.41, 5.74) is 1.58. The Balaban J connectivity index is 1.28. The van der Waals surface area contributed by atoms with Gasteiger partial charge >= 0.3 is 6.03 Å². The highest BCUT2D eigenvalue weighted by Crippen LogP contribution is 2.35. The molecule has 44 heavy (non-hydrogen) atoms. The number of barbiturate groups is 1. The van der Waals surface area contributed by atoms with Gasteiger partial charge in [0.25, 0.3) is 17.7 Å². The Kier molecular flexibility index (Phi) is 9.50. The van der Waals surface area contributed by atoms with Gasteiger partial charge in [0.1, 0.15) is 17.9 Å². The zero-order chi connectivity index (χ0) is 31.2. The number of rotatable bonds is 9. The second-order valence-electron chi connectivity index (χ2n) is 9.36. The van der Waals surface area contributed by atoms with Gasteiger partial charge in [0.15, 0.2) is 12.4 Å². The molecule has 0 bridgehead atoms. The van der Waals surface area contributed by atoms with Gasteiger partial charge in [-0.15, -0.1) is 0 Å². The Hall–Kier alpha value is -4.83. The monoisotopic (exact) mass is 649 g/mol. The molecule has 5 amide bonds. The smallest absolute Gasteiger partial charge is 0.335 e. The number of para-hydroxylation sites is 1. The molecule has 0 spiro atoms. The van der Waals surface area contributed by atoms with Crippen molar-refractivity contribution in [2.75, 3.05) is 16.8 Å². The van der Waals surface area contributed by atoms with Crippen LogP contribution in [0.2, 0.25) is 15.1 Å². The van der Waals surface area contributed by atoms with Crippen molar-refractivity contribution in [3.63, 3.8) is 0 Å². The van der Waals surface area contributed by atoms with Crippen molar-refractivity contribution in [1.29, 1.82) is 0 Å². The van der Waals surface area contributed by atoms with Gasteiger partial charge < -0.3 is 14.8 Å². The molecule has 4 aromatic rings. The van der Waals surface area contributed by atoms with Crippen molar-refractivity contribution in [3.05, 3.63) is 123 Å². The lowest BCUT2D eigenvalue weighted by atomic mass is 10.1. The van der Waals surface area contributed by atoms with Crippen molar-refractivity contribution < 1.29 is 28.7 Å². The van der Waals surface area contributed by atoms with Crippen molar-refractivity contribution in [2.24, 2.45) is 0 Å². The maximum absolute atomic E-state index is 13.3. The van der Waals surface area contributed by atoms with Crippen molar-refractivity contribution in [1.82, 2.24) is 5.32 Å². The number of anilines is 2. The van der Waals surface area contributed by atoms with Crippen LogP contribution in [-0.2, 0) is 21.0 Å². The minimum absolute atomic E-state index is 0.0237. The first-order valence-corrected chi connectivity index (χ1v) is 14.2. The largest absolute Gasteiger partial charge is 0.489 e. The average Bonchev–Trinajstić information content (AvgIpc) is 3.00. The van der Waals surface area contributed by atoms with E-state index in [1.165, 1.54) is 30.3 Å². The highest BCUT2D eigenvalue weighted by atomic mass is 35.5. The average molecular weight is 651 g/mol. The molecule has 1 aliphatic rings. The topological polar surface area (TPSA) is 114 Å². The third-order valence-electron chi connectivity index (χ3n) is 6.27. The molecule has 12 heteroatoms. The van der Waals surface area contributed by atoms with Crippen LogP contribution in [0.3, 0.4) is 0 Å². The molecule has 2 N–H and O–H groups in total. The van der Waals surface area contributed by atoms with Crippen molar-refractivity contribution >= 4 is 76.0 Å². The number of amides is 5. The summed E-state index contributed by atoms with van der Waals surface area (Å²) in [7, 11) is 0. The van der Waals surface area contributed by atoms with Gasteiger partial charge in [0, 0.05) is 0 Å². The van der Waals surface area contributed by atoms with Crippen LogP contribution in [0.5, 0.6) is 11.5 Å². The first kappa shape index (κ1) is 30.6. The van der Waals surface area contributed by atoms with Crippen LogP contribution < -0.4 is 25.0 Å². The molecule has 1 heterocycles. The number of halogens is 3. The van der Waals surface area contributed by atoms with E-state index in [0.29, 0.717) is 23.1 Å². The standard InChI is InChI=1S/C32H22Cl3N3O6/c33-24-8-4-5-9-27(24)36-28(39)18-44-29-25(34)15-20(16-26(29)35)14-23-30(40)37-32(42)38(31(23)41)21-10-12-22(13-11-21)43-17-19-6-2-1-3-7-19/h1-16H,17-18H2,(H,36,39)(H,37,40,42)/b23-14-. The summed E-state index contributed by atoms with van der Waals surface area (Å²) >= 11 is 18.8. The molecule has 9 nitrogen and oxygen atoms in total. The highest BCUT2D eigenvalue weighted by Gasteiger charge is 2.37.